The zero-order chi connectivity index (χ0) is 15.4. The number of aryl methyl sites for hydroxylation is 1. The maximum Gasteiger partial charge on any atom is 0.228 e. The van der Waals surface area contributed by atoms with E-state index in [-0.39, 0.29) is 18.1 Å². The second kappa shape index (κ2) is 7.33. The highest BCUT2D eigenvalue weighted by Crippen LogP contribution is 2.24. The number of nitrogens with zero attached hydrogens (tertiary/aromatic N) is 2. The van der Waals surface area contributed by atoms with Crippen LogP contribution in [0.2, 0.25) is 0 Å². The number of aliphatic hydroxyl groups is 1. The van der Waals surface area contributed by atoms with E-state index < -0.39 is 6.10 Å². The van der Waals surface area contributed by atoms with Gasteiger partial charge in [0.05, 0.1) is 29.3 Å². The summed E-state index contributed by atoms with van der Waals surface area (Å²) in [5.74, 6) is 0.00102. The standard InChI is InChI=1S/C15H24N2O3S/c1-10-16-11(9-21-10)8-14(18)17(2)12-6-4-5-7-13(20-3)15(12)19/h9,12-13,15,19H,4-8H2,1-3H3/t12-,13-,15-/m1/s1. The van der Waals surface area contributed by atoms with Crippen LogP contribution in [0.1, 0.15) is 36.4 Å². The summed E-state index contributed by atoms with van der Waals surface area (Å²) in [6.07, 6.45) is 3.19. The number of methoxy groups -OCH3 is 1. The number of carbonyl (C=O) groups excluding carboxylic acids is 1. The lowest BCUT2D eigenvalue weighted by Crippen LogP contribution is -2.49. The smallest absolute Gasteiger partial charge is 0.228 e. The van der Waals surface area contributed by atoms with E-state index in [1.165, 1.54) is 0 Å². The Morgan fingerprint density at radius 3 is 2.86 bits per heavy atom. The van der Waals surface area contributed by atoms with Gasteiger partial charge in [-0.15, -0.1) is 11.3 Å². The van der Waals surface area contributed by atoms with E-state index in [0.29, 0.717) is 6.42 Å². The third-order valence-corrected chi connectivity index (χ3v) is 5.03. The lowest BCUT2D eigenvalue weighted by atomic mass is 10.0. The van der Waals surface area contributed by atoms with Crippen molar-refractivity contribution in [1.82, 2.24) is 9.88 Å². The minimum atomic E-state index is -0.622. The van der Waals surface area contributed by atoms with Crippen molar-refractivity contribution in [2.24, 2.45) is 0 Å². The van der Waals surface area contributed by atoms with Gasteiger partial charge in [0.25, 0.3) is 0 Å². The first-order chi connectivity index (χ1) is 10.0. The monoisotopic (exact) mass is 312 g/mol. The molecule has 5 nitrogen and oxygen atoms in total. The van der Waals surface area contributed by atoms with Gasteiger partial charge in [-0.2, -0.15) is 0 Å². The molecule has 1 saturated carbocycles. The molecule has 0 spiro atoms. The summed E-state index contributed by atoms with van der Waals surface area (Å²) in [7, 11) is 3.39. The fraction of sp³-hybridized carbons (Fsp3) is 0.733. The number of hydrogen-bond donors (Lipinski definition) is 1. The number of carbonyl (C=O) groups is 1. The van der Waals surface area contributed by atoms with Crippen molar-refractivity contribution in [3.8, 4) is 0 Å². The Balaban J connectivity index is 2.02. The lowest BCUT2D eigenvalue weighted by Gasteiger charge is -2.33. The van der Waals surface area contributed by atoms with Gasteiger partial charge in [-0.05, 0) is 19.8 Å². The number of hydrogen-bond acceptors (Lipinski definition) is 5. The van der Waals surface area contributed by atoms with Crippen LogP contribution in [0.5, 0.6) is 0 Å². The van der Waals surface area contributed by atoms with Crippen LogP contribution in [0.3, 0.4) is 0 Å². The van der Waals surface area contributed by atoms with Crippen molar-refractivity contribution < 1.29 is 14.6 Å². The lowest BCUT2D eigenvalue weighted by molar-refractivity contribution is -0.136. The van der Waals surface area contributed by atoms with Crippen LogP contribution < -0.4 is 0 Å². The first kappa shape index (κ1) is 16.4. The highest BCUT2D eigenvalue weighted by atomic mass is 32.1. The molecule has 1 N–H and O–H groups in total. The highest BCUT2D eigenvalue weighted by molar-refractivity contribution is 7.09. The van der Waals surface area contributed by atoms with Gasteiger partial charge in [0.15, 0.2) is 0 Å². The number of amides is 1. The Morgan fingerprint density at radius 1 is 1.52 bits per heavy atom. The number of aromatic nitrogens is 1. The first-order valence-corrected chi connectivity index (χ1v) is 8.28. The van der Waals surface area contributed by atoms with Gasteiger partial charge in [-0.25, -0.2) is 4.98 Å². The Bertz CT molecular complexity index is 477. The van der Waals surface area contributed by atoms with Crippen LogP contribution in [0.4, 0.5) is 0 Å². The second-order valence-electron chi connectivity index (χ2n) is 5.66. The molecule has 3 atom stereocenters. The quantitative estimate of drug-likeness (QED) is 0.861. The summed E-state index contributed by atoms with van der Waals surface area (Å²) in [6.45, 7) is 1.93. The Labute approximate surface area is 129 Å². The molecule has 0 unspecified atom stereocenters. The summed E-state index contributed by atoms with van der Waals surface area (Å²) < 4.78 is 5.37. The van der Waals surface area contributed by atoms with Crippen LogP contribution in [-0.4, -0.2) is 53.3 Å². The number of likely N-dealkylation sites (N-methyl/N-ethyl adjacent to an activating group) is 1. The van der Waals surface area contributed by atoms with Gasteiger partial charge in [-0.1, -0.05) is 12.8 Å². The maximum atomic E-state index is 12.4. The summed E-state index contributed by atoms with van der Waals surface area (Å²) in [5.41, 5.74) is 0.806. The number of aliphatic hydroxyl groups excluding tert-OH is 1. The minimum Gasteiger partial charge on any atom is -0.388 e. The number of ether oxygens (including phenoxy) is 1. The molecule has 1 aromatic heterocycles. The third-order valence-electron chi connectivity index (χ3n) is 4.21. The van der Waals surface area contributed by atoms with E-state index in [4.69, 9.17) is 4.74 Å². The Hall–Kier alpha value is -0.980. The molecule has 0 saturated heterocycles. The largest absolute Gasteiger partial charge is 0.388 e. The van der Waals surface area contributed by atoms with E-state index >= 15 is 0 Å². The van der Waals surface area contributed by atoms with Gasteiger partial charge in [-0.3, -0.25) is 4.79 Å². The molecule has 0 bridgehead atoms. The predicted molar refractivity (Wildman–Crippen MR) is 82.4 cm³/mol. The molecule has 1 aromatic rings. The van der Waals surface area contributed by atoms with Crippen molar-refractivity contribution in [2.45, 2.75) is 57.3 Å². The van der Waals surface area contributed by atoms with Crippen LogP contribution >= 0.6 is 11.3 Å². The normalized spacial score (nSPS) is 26.4. The van der Waals surface area contributed by atoms with Crippen LogP contribution in [0.25, 0.3) is 0 Å². The highest BCUT2D eigenvalue weighted by Gasteiger charge is 2.34. The molecule has 1 aliphatic carbocycles. The van der Waals surface area contributed by atoms with E-state index in [2.05, 4.69) is 4.98 Å². The second-order valence-corrected chi connectivity index (χ2v) is 6.72. The van der Waals surface area contributed by atoms with Gasteiger partial charge < -0.3 is 14.7 Å². The molecule has 0 aliphatic heterocycles. The SMILES string of the molecule is CO[C@@H]1CCCC[C@@H](N(C)C(=O)Cc2csc(C)n2)[C@H]1O. The molecule has 2 rings (SSSR count). The fourth-order valence-electron chi connectivity index (χ4n) is 2.92. The molecule has 21 heavy (non-hydrogen) atoms. The van der Waals surface area contributed by atoms with Gasteiger partial charge >= 0.3 is 0 Å². The average molecular weight is 312 g/mol. The molecule has 0 aromatic carbocycles. The molecule has 1 amide bonds. The number of thiazole rings is 1. The summed E-state index contributed by atoms with van der Waals surface area (Å²) >= 11 is 1.55. The Morgan fingerprint density at radius 2 is 2.24 bits per heavy atom. The van der Waals surface area contributed by atoms with Crippen molar-refractivity contribution in [1.29, 1.82) is 0 Å². The third kappa shape index (κ3) is 4.02. The molecular weight excluding hydrogens is 288 g/mol. The molecule has 1 fully saturated rings. The fourth-order valence-corrected chi connectivity index (χ4v) is 3.53. The molecule has 6 heteroatoms. The first-order valence-electron chi connectivity index (χ1n) is 7.40. The number of rotatable bonds is 4. The van der Waals surface area contributed by atoms with Gasteiger partial charge in [0.2, 0.25) is 5.91 Å². The van der Waals surface area contributed by atoms with Crippen LogP contribution in [0.15, 0.2) is 5.38 Å². The summed E-state index contributed by atoms with van der Waals surface area (Å²) in [6, 6.07) is -0.176. The van der Waals surface area contributed by atoms with Crippen molar-refractivity contribution in [2.75, 3.05) is 14.2 Å². The topological polar surface area (TPSA) is 62.7 Å². The van der Waals surface area contributed by atoms with Crippen LogP contribution in [0, 0.1) is 6.92 Å². The minimum absolute atomic E-state index is 0.00102. The molecule has 0 radical (unpaired) electrons. The summed E-state index contributed by atoms with van der Waals surface area (Å²) in [5, 5.41) is 13.4. The zero-order valence-corrected chi connectivity index (χ0v) is 13.7. The van der Waals surface area contributed by atoms with E-state index in [1.807, 2.05) is 12.3 Å². The van der Waals surface area contributed by atoms with Gasteiger partial charge in [0.1, 0.15) is 6.10 Å². The molecule has 1 heterocycles. The zero-order valence-electron chi connectivity index (χ0n) is 12.9. The van der Waals surface area contributed by atoms with Crippen molar-refractivity contribution in [3.63, 3.8) is 0 Å². The molecule has 1 aliphatic rings. The van der Waals surface area contributed by atoms with Crippen molar-refractivity contribution in [3.05, 3.63) is 16.1 Å². The maximum absolute atomic E-state index is 12.4. The van der Waals surface area contributed by atoms with E-state index in [1.54, 1.807) is 30.4 Å². The van der Waals surface area contributed by atoms with E-state index in [0.717, 1.165) is 36.4 Å². The Kier molecular flexibility index (Phi) is 5.72. The molecule has 118 valence electrons. The van der Waals surface area contributed by atoms with Gasteiger partial charge in [0, 0.05) is 19.5 Å². The van der Waals surface area contributed by atoms with Crippen molar-refractivity contribution >= 4 is 17.2 Å². The predicted octanol–water partition coefficient (Wildman–Crippen LogP) is 1.77. The summed E-state index contributed by atoms with van der Waals surface area (Å²) in [4.78, 5) is 18.4. The van der Waals surface area contributed by atoms with Crippen LogP contribution in [-0.2, 0) is 16.0 Å². The molecular formula is C15H24N2O3S. The average Bonchev–Trinajstić information content (AvgIpc) is 2.77. The van der Waals surface area contributed by atoms with E-state index in [9.17, 15) is 9.90 Å².